The first-order valence-corrected chi connectivity index (χ1v) is 8.54. The Bertz CT molecular complexity index is 811. The van der Waals surface area contributed by atoms with E-state index >= 15 is 0 Å². The molecular formula is C18H21ClN4. The second-order valence-corrected chi connectivity index (χ2v) is 6.78. The average molecular weight is 329 g/mol. The molecule has 3 aromatic rings. The Morgan fingerprint density at radius 2 is 2.04 bits per heavy atom. The number of benzene rings is 1. The predicted octanol–water partition coefficient (Wildman–Crippen LogP) is 3.93. The lowest BCUT2D eigenvalue weighted by Crippen LogP contribution is -2.33. The Kier molecular flexibility index (Phi) is 3.87. The third-order valence-electron chi connectivity index (χ3n) is 5.04. The number of hydrogen-bond donors (Lipinski definition) is 1. The lowest BCUT2D eigenvalue weighted by atomic mass is 9.89. The molecule has 0 aliphatic carbocycles. The van der Waals surface area contributed by atoms with E-state index in [1.54, 1.807) is 6.20 Å². The highest BCUT2D eigenvalue weighted by Crippen LogP contribution is 2.33. The second-order valence-electron chi connectivity index (χ2n) is 6.40. The van der Waals surface area contributed by atoms with E-state index in [4.69, 9.17) is 11.6 Å². The molecule has 1 aliphatic heterocycles. The van der Waals surface area contributed by atoms with Crippen molar-refractivity contribution in [2.75, 3.05) is 13.1 Å². The summed E-state index contributed by atoms with van der Waals surface area (Å²) < 4.78 is 1.97. The van der Waals surface area contributed by atoms with Crippen molar-refractivity contribution in [2.45, 2.75) is 25.3 Å². The van der Waals surface area contributed by atoms with Crippen molar-refractivity contribution in [3.05, 3.63) is 53.2 Å². The first-order valence-electron chi connectivity index (χ1n) is 8.17. The number of aromatic nitrogens is 3. The van der Waals surface area contributed by atoms with Crippen molar-refractivity contribution in [1.82, 2.24) is 19.4 Å². The lowest BCUT2D eigenvalue weighted by molar-refractivity contribution is 0.199. The topological polar surface area (TPSA) is 36.9 Å². The van der Waals surface area contributed by atoms with E-state index < -0.39 is 0 Å². The summed E-state index contributed by atoms with van der Waals surface area (Å²) in [5, 5.41) is 2.08. The first-order chi connectivity index (χ1) is 11.2. The molecule has 1 aliphatic rings. The molecule has 0 radical (unpaired) electrons. The maximum atomic E-state index is 6.07. The standard InChI is InChI=1S/C18H21ClN4/c1-22-17(19)11-21-18(22)12-23-8-6-13(7-9-23)15-10-20-16-5-3-2-4-14(15)16/h2-5,10-11,13,20H,6-9,12H2,1H3. The quantitative estimate of drug-likeness (QED) is 0.790. The minimum atomic E-state index is 0.646. The minimum Gasteiger partial charge on any atom is -0.361 e. The van der Waals surface area contributed by atoms with Gasteiger partial charge in [0.15, 0.2) is 0 Å². The number of hydrogen-bond acceptors (Lipinski definition) is 2. The van der Waals surface area contributed by atoms with Crippen molar-refractivity contribution in [1.29, 1.82) is 0 Å². The van der Waals surface area contributed by atoms with Crippen LogP contribution >= 0.6 is 11.6 Å². The molecule has 1 N–H and O–H groups in total. The van der Waals surface area contributed by atoms with E-state index in [-0.39, 0.29) is 0 Å². The molecule has 2 aromatic heterocycles. The van der Waals surface area contributed by atoms with Crippen LogP contribution < -0.4 is 0 Å². The molecule has 0 atom stereocenters. The Hall–Kier alpha value is -1.78. The molecule has 0 bridgehead atoms. The zero-order valence-corrected chi connectivity index (χ0v) is 14.1. The van der Waals surface area contributed by atoms with E-state index in [1.165, 1.54) is 29.3 Å². The van der Waals surface area contributed by atoms with Crippen LogP contribution in [-0.4, -0.2) is 32.5 Å². The number of H-pyrrole nitrogens is 1. The van der Waals surface area contributed by atoms with Crippen LogP contribution in [0.1, 0.15) is 30.1 Å². The summed E-state index contributed by atoms with van der Waals surface area (Å²) in [7, 11) is 1.98. The minimum absolute atomic E-state index is 0.646. The van der Waals surface area contributed by atoms with Gasteiger partial charge in [-0.2, -0.15) is 0 Å². The van der Waals surface area contributed by atoms with Crippen LogP contribution in [0.2, 0.25) is 5.15 Å². The summed E-state index contributed by atoms with van der Waals surface area (Å²) in [6.45, 7) is 3.09. The largest absolute Gasteiger partial charge is 0.361 e. The SMILES string of the molecule is Cn1c(Cl)cnc1CN1CCC(c2c[nH]c3ccccc23)CC1. The van der Waals surface area contributed by atoms with Gasteiger partial charge in [-0.15, -0.1) is 0 Å². The van der Waals surface area contributed by atoms with Gasteiger partial charge in [-0.3, -0.25) is 4.90 Å². The van der Waals surface area contributed by atoms with E-state index in [2.05, 4.69) is 45.3 Å². The van der Waals surface area contributed by atoms with Crippen molar-refractivity contribution < 1.29 is 0 Å². The number of aromatic amines is 1. The molecule has 4 rings (SSSR count). The van der Waals surface area contributed by atoms with Gasteiger partial charge < -0.3 is 9.55 Å². The fraction of sp³-hybridized carbons (Fsp3) is 0.389. The third kappa shape index (κ3) is 2.77. The Morgan fingerprint density at radius 3 is 2.78 bits per heavy atom. The number of rotatable bonds is 3. The van der Waals surface area contributed by atoms with Gasteiger partial charge in [0.2, 0.25) is 0 Å². The molecule has 0 unspecified atom stereocenters. The molecule has 0 saturated carbocycles. The van der Waals surface area contributed by atoms with Crippen molar-refractivity contribution >= 4 is 22.5 Å². The number of piperidine rings is 1. The smallest absolute Gasteiger partial charge is 0.128 e. The highest BCUT2D eigenvalue weighted by atomic mass is 35.5. The van der Waals surface area contributed by atoms with Gasteiger partial charge in [0.25, 0.3) is 0 Å². The predicted molar refractivity (Wildman–Crippen MR) is 93.8 cm³/mol. The molecule has 5 heteroatoms. The van der Waals surface area contributed by atoms with Crippen LogP contribution in [0.3, 0.4) is 0 Å². The summed E-state index contributed by atoms with van der Waals surface area (Å²) in [6, 6.07) is 8.59. The summed E-state index contributed by atoms with van der Waals surface area (Å²) in [4.78, 5) is 10.3. The van der Waals surface area contributed by atoms with Crippen molar-refractivity contribution in [3.63, 3.8) is 0 Å². The van der Waals surface area contributed by atoms with Gasteiger partial charge in [0.1, 0.15) is 11.0 Å². The molecule has 120 valence electrons. The maximum absolute atomic E-state index is 6.07. The summed E-state index contributed by atoms with van der Waals surface area (Å²) in [6.07, 6.45) is 6.32. The van der Waals surface area contributed by atoms with E-state index in [9.17, 15) is 0 Å². The molecule has 0 amide bonds. The Labute approximate surface area is 141 Å². The zero-order valence-electron chi connectivity index (χ0n) is 13.3. The number of nitrogens with one attached hydrogen (secondary N) is 1. The monoisotopic (exact) mass is 328 g/mol. The summed E-state index contributed by atoms with van der Waals surface area (Å²) in [5.41, 5.74) is 2.72. The molecule has 3 heterocycles. The van der Waals surface area contributed by atoms with E-state index in [0.29, 0.717) is 11.1 Å². The van der Waals surface area contributed by atoms with Crippen LogP contribution in [0.25, 0.3) is 10.9 Å². The van der Waals surface area contributed by atoms with E-state index in [1.807, 2.05) is 11.6 Å². The molecule has 23 heavy (non-hydrogen) atoms. The molecule has 4 nitrogen and oxygen atoms in total. The van der Waals surface area contributed by atoms with Gasteiger partial charge in [-0.05, 0) is 43.5 Å². The molecular weight excluding hydrogens is 308 g/mol. The normalized spacial score (nSPS) is 17.1. The molecule has 1 saturated heterocycles. The first kappa shape index (κ1) is 14.8. The number of likely N-dealkylation sites (tertiary alicyclic amines) is 1. The van der Waals surface area contributed by atoms with Gasteiger partial charge in [0.05, 0.1) is 12.7 Å². The van der Waals surface area contributed by atoms with Crippen LogP contribution in [0.5, 0.6) is 0 Å². The van der Waals surface area contributed by atoms with Gasteiger partial charge >= 0.3 is 0 Å². The van der Waals surface area contributed by atoms with E-state index in [0.717, 1.165) is 25.5 Å². The second kappa shape index (κ2) is 6.02. The van der Waals surface area contributed by atoms with Crippen LogP contribution in [0.4, 0.5) is 0 Å². The highest BCUT2D eigenvalue weighted by molar-refractivity contribution is 6.29. The number of para-hydroxylation sites is 1. The number of imidazole rings is 1. The zero-order chi connectivity index (χ0) is 15.8. The lowest BCUT2D eigenvalue weighted by Gasteiger charge is -2.31. The van der Waals surface area contributed by atoms with Gasteiger partial charge in [-0.1, -0.05) is 29.8 Å². The summed E-state index contributed by atoms with van der Waals surface area (Å²) in [5.74, 6) is 1.69. The fourth-order valence-corrected chi connectivity index (χ4v) is 3.75. The molecule has 1 fully saturated rings. The molecule has 0 spiro atoms. The number of halogens is 1. The highest BCUT2D eigenvalue weighted by Gasteiger charge is 2.23. The maximum Gasteiger partial charge on any atom is 0.128 e. The molecule has 1 aromatic carbocycles. The third-order valence-corrected chi connectivity index (χ3v) is 5.39. The Morgan fingerprint density at radius 1 is 1.26 bits per heavy atom. The van der Waals surface area contributed by atoms with Gasteiger partial charge in [0, 0.05) is 24.1 Å². The van der Waals surface area contributed by atoms with Crippen molar-refractivity contribution in [3.8, 4) is 0 Å². The fourth-order valence-electron chi connectivity index (χ4n) is 3.60. The van der Waals surface area contributed by atoms with Crippen LogP contribution in [-0.2, 0) is 13.6 Å². The number of nitrogens with zero attached hydrogens (tertiary/aromatic N) is 3. The number of fused-ring (bicyclic) bond motifs is 1. The van der Waals surface area contributed by atoms with Crippen molar-refractivity contribution in [2.24, 2.45) is 7.05 Å². The van der Waals surface area contributed by atoms with Crippen LogP contribution in [0.15, 0.2) is 36.7 Å². The van der Waals surface area contributed by atoms with Gasteiger partial charge in [-0.25, -0.2) is 4.98 Å². The summed E-state index contributed by atoms with van der Waals surface area (Å²) >= 11 is 6.07. The Balaban J connectivity index is 1.44. The average Bonchev–Trinajstić information content (AvgIpc) is 3.14. The van der Waals surface area contributed by atoms with Crippen LogP contribution in [0, 0.1) is 0 Å².